The van der Waals surface area contributed by atoms with Crippen LogP contribution in [0.5, 0.6) is 0 Å². The summed E-state index contributed by atoms with van der Waals surface area (Å²) in [4.78, 5) is 27.2. The summed E-state index contributed by atoms with van der Waals surface area (Å²) in [5.41, 5.74) is 3.95. The van der Waals surface area contributed by atoms with E-state index >= 15 is 0 Å². The standard InChI is InChI=1S/C28H20ClNO3/c1-2-33-28(32)25-22-16-14-18-13-15-21(29)17-23(18)30(22)26(24(25)19-9-5-3-6-10-19)27(31)20-11-7-4-8-12-20/h3-17H,2H2,1H3. The number of fused-ring (bicyclic) bond motifs is 3. The van der Waals surface area contributed by atoms with Crippen LogP contribution < -0.4 is 0 Å². The molecule has 162 valence electrons. The Bertz CT molecular complexity index is 1500. The number of ketones is 1. The molecule has 0 atom stereocenters. The Morgan fingerprint density at radius 1 is 0.848 bits per heavy atom. The molecule has 5 rings (SSSR count). The second-order valence-electron chi connectivity index (χ2n) is 7.64. The largest absolute Gasteiger partial charge is 0.462 e. The number of halogens is 1. The fraction of sp³-hybridized carbons (Fsp3) is 0.0714. The van der Waals surface area contributed by atoms with Crippen molar-refractivity contribution in [3.63, 3.8) is 0 Å². The molecule has 33 heavy (non-hydrogen) atoms. The smallest absolute Gasteiger partial charge is 0.340 e. The zero-order valence-electron chi connectivity index (χ0n) is 17.9. The molecule has 2 aromatic heterocycles. The molecule has 5 heteroatoms. The summed E-state index contributed by atoms with van der Waals surface area (Å²) in [6.07, 6.45) is 0. The van der Waals surface area contributed by atoms with Gasteiger partial charge in [-0.2, -0.15) is 0 Å². The fourth-order valence-electron chi connectivity index (χ4n) is 4.26. The Balaban J connectivity index is 1.99. The van der Waals surface area contributed by atoms with Gasteiger partial charge in [-0.1, -0.05) is 84.4 Å². The minimum absolute atomic E-state index is 0.188. The predicted molar refractivity (Wildman–Crippen MR) is 131 cm³/mol. The van der Waals surface area contributed by atoms with Crippen LogP contribution in [0.3, 0.4) is 0 Å². The number of hydrogen-bond acceptors (Lipinski definition) is 3. The number of carbonyl (C=O) groups excluding carboxylic acids is 2. The van der Waals surface area contributed by atoms with Gasteiger partial charge in [0.05, 0.1) is 23.2 Å². The topological polar surface area (TPSA) is 47.8 Å². The average molecular weight is 454 g/mol. The Kier molecular flexibility index (Phi) is 5.45. The van der Waals surface area contributed by atoms with Gasteiger partial charge in [-0.3, -0.25) is 4.79 Å². The molecule has 0 amide bonds. The molecule has 0 fully saturated rings. The van der Waals surface area contributed by atoms with Crippen LogP contribution in [0.2, 0.25) is 5.02 Å². The quantitative estimate of drug-likeness (QED) is 0.216. The van der Waals surface area contributed by atoms with Gasteiger partial charge >= 0.3 is 5.97 Å². The molecular formula is C28H20ClNO3. The first-order chi connectivity index (χ1) is 16.1. The maximum Gasteiger partial charge on any atom is 0.340 e. The number of hydrogen-bond donors (Lipinski definition) is 0. The first-order valence-electron chi connectivity index (χ1n) is 10.7. The van der Waals surface area contributed by atoms with Gasteiger partial charge in [-0.05, 0) is 36.1 Å². The summed E-state index contributed by atoms with van der Waals surface area (Å²) in [6, 6.07) is 27.8. The summed E-state index contributed by atoms with van der Waals surface area (Å²) < 4.78 is 7.28. The lowest BCUT2D eigenvalue weighted by Gasteiger charge is -2.10. The van der Waals surface area contributed by atoms with Gasteiger partial charge in [-0.15, -0.1) is 0 Å². The van der Waals surface area contributed by atoms with Crippen LogP contribution in [-0.2, 0) is 4.74 Å². The first kappa shape index (κ1) is 21.0. The van der Waals surface area contributed by atoms with Crippen LogP contribution in [0.1, 0.15) is 33.3 Å². The van der Waals surface area contributed by atoms with Crippen molar-refractivity contribution in [1.29, 1.82) is 0 Å². The van der Waals surface area contributed by atoms with Crippen LogP contribution in [0.4, 0.5) is 0 Å². The van der Waals surface area contributed by atoms with E-state index in [2.05, 4.69) is 0 Å². The molecule has 0 saturated carbocycles. The highest BCUT2D eigenvalue weighted by Gasteiger charge is 2.30. The van der Waals surface area contributed by atoms with Gasteiger partial charge in [0.15, 0.2) is 0 Å². The third-order valence-corrected chi connectivity index (χ3v) is 5.89. The van der Waals surface area contributed by atoms with E-state index in [4.69, 9.17) is 16.3 Å². The molecule has 0 aliphatic rings. The van der Waals surface area contributed by atoms with Crippen molar-refractivity contribution in [2.24, 2.45) is 0 Å². The molecule has 0 saturated heterocycles. The van der Waals surface area contributed by atoms with E-state index < -0.39 is 5.97 Å². The molecule has 4 nitrogen and oxygen atoms in total. The Morgan fingerprint density at radius 2 is 1.52 bits per heavy atom. The Hall–Kier alpha value is -3.89. The molecule has 0 aliphatic carbocycles. The van der Waals surface area contributed by atoms with Crippen LogP contribution in [0.15, 0.2) is 91.0 Å². The number of carbonyl (C=O) groups is 2. The number of nitrogens with zero attached hydrogens (tertiary/aromatic N) is 1. The van der Waals surface area contributed by atoms with E-state index in [1.165, 1.54) is 0 Å². The minimum atomic E-state index is -0.470. The number of esters is 1. The maximum absolute atomic E-state index is 14.0. The summed E-state index contributed by atoms with van der Waals surface area (Å²) in [5.74, 6) is -0.658. The van der Waals surface area contributed by atoms with Crippen molar-refractivity contribution in [2.45, 2.75) is 6.92 Å². The molecule has 0 N–H and O–H groups in total. The molecule has 0 unspecified atom stereocenters. The molecule has 0 bridgehead atoms. The van der Waals surface area contributed by atoms with E-state index in [9.17, 15) is 9.59 Å². The molecule has 0 spiro atoms. The highest BCUT2D eigenvalue weighted by atomic mass is 35.5. The van der Waals surface area contributed by atoms with E-state index in [1.54, 1.807) is 19.1 Å². The maximum atomic E-state index is 14.0. The van der Waals surface area contributed by atoms with Gasteiger partial charge in [0.25, 0.3) is 0 Å². The third kappa shape index (κ3) is 3.59. The number of pyridine rings is 1. The van der Waals surface area contributed by atoms with Crippen molar-refractivity contribution < 1.29 is 14.3 Å². The second kappa shape index (κ2) is 8.57. The Morgan fingerprint density at radius 3 is 2.21 bits per heavy atom. The van der Waals surface area contributed by atoms with Crippen molar-refractivity contribution in [3.8, 4) is 11.1 Å². The molecule has 0 aliphatic heterocycles. The molecular weight excluding hydrogens is 434 g/mol. The fourth-order valence-corrected chi connectivity index (χ4v) is 4.42. The van der Waals surface area contributed by atoms with Crippen LogP contribution >= 0.6 is 11.6 Å². The first-order valence-corrected chi connectivity index (χ1v) is 11.1. The summed E-state index contributed by atoms with van der Waals surface area (Å²) >= 11 is 6.35. The molecule has 3 aromatic carbocycles. The van der Waals surface area contributed by atoms with Crippen molar-refractivity contribution in [1.82, 2.24) is 4.40 Å². The van der Waals surface area contributed by atoms with Gasteiger partial charge in [0, 0.05) is 16.1 Å². The van der Waals surface area contributed by atoms with E-state index in [1.807, 2.05) is 83.3 Å². The SMILES string of the molecule is CCOC(=O)c1c(-c2ccccc2)c(C(=O)c2ccccc2)n2c1ccc1ccc(Cl)cc12. The predicted octanol–water partition coefficient (Wildman–Crippen LogP) is 6.82. The zero-order valence-corrected chi connectivity index (χ0v) is 18.7. The number of benzene rings is 3. The summed E-state index contributed by atoms with van der Waals surface area (Å²) in [7, 11) is 0. The Labute approximate surface area is 196 Å². The summed E-state index contributed by atoms with van der Waals surface area (Å²) in [6.45, 7) is 2.00. The van der Waals surface area contributed by atoms with Crippen molar-refractivity contribution in [3.05, 3.63) is 113 Å². The zero-order chi connectivity index (χ0) is 22.9. The summed E-state index contributed by atoms with van der Waals surface area (Å²) in [5, 5.41) is 1.44. The van der Waals surface area contributed by atoms with Gasteiger partial charge in [-0.25, -0.2) is 4.79 Å². The highest BCUT2D eigenvalue weighted by Crippen LogP contribution is 2.38. The lowest BCUT2D eigenvalue weighted by Crippen LogP contribution is -2.08. The lowest BCUT2D eigenvalue weighted by molar-refractivity contribution is 0.0529. The van der Waals surface area contributed by atoms with Crippen LogP contribution in [0.25, 0.3) is 27.5 Å². The normalized spacial score (nSPS) is 11.1. The molecule has 0 radical (unpaired) electrons. The van der Waals surface area contributed by atoms with Crippen molar-refractivity contribution >= 4 is 39.8 Å². The number of ether oxygens (including phenoxy) is 1. The molecule has 2 heterocycles. The minimum Gasteiger partial charge on any atom is -0.462 e. The monoisotopic (exact) mass is 453 g/mol. The van der Waals surface area contributed by atoms with E-state index in [0.717, 1.165) is 16.5 Å². The third-order valence-electron chi connectivity index (χ3n) is 5.65. The van der Waals surface area contributed by atoms with Gasteiger partial charge in [0.1, 0.15) is 5.69 Å². The van der Waals surface area contributed by atoms with Gasteiger partial charge in [0.2, 0.25) is 5.78 Å². The van der Waals surface area contributed by atoms with Crippen LogP contribution in [0, 0.1) is 0 Å². The van der Waals surface area contributed by atoms with Crippen LogP contribution in [-0.4, -0.2) is 22.8 Å². The highest BCUT2D eigenvalue weighted by molar-refractivity contribution is 6.31. The lowest BCUT2D eigenvalue weighted by atomic mass is 9.96. The average Bonchev–Trinajstić information content (AvgIpc) is 3.20. The van der Waals surface area contributed by atoms with E-state index in [-0.39, 0.29) is 12.4 Å². The second-order valence-corrected chi connectivity index (χ2v) is 8.07. The van der Waals surface area contributed by atoms with Crippen molar-refractivity contribution in [2.75, 3.05) is 6.61 Å². The van der Waals surface area contributed by atoms with E-state index in [0.29, 0.717) is 32.9 Å². The number of rotatable bonds is 5. The number of aromatic nitrogens is 1. The van der Waals surface area contributed by atoms with Gasteiger partial charge < -0.3 is 9.14 Å². The molecule has 5 aromatic rings.